The zero-order valence-electron chi connectivity index (χ0n) is 11.0. The van der Waals surface area contributed by atoms with Crippen LogP contribution < -0.4 is 10.2 Å². The maximum atomic E-state index is 10.3. The number of benzene rings is 1. The van der Waals surface area contributed by atoms with E-state index in [9.17, 15) is 9.59 Å². The Balaban J connectivity index is -0.000000304. The molecule has 119 valence electrons. The number of aliphatic carboxylic acids is 2. The van der Waals surface area contributed by atoms with Crippen LogP contribution in [-0.4, -0.2) is 34.1 Å². The predicted octanol–water partition coefficient (Wildman–Crippen LogP) is -1.41. The topological polar surface area (TPSA) is 155 Å². The molecular formula is C12H12CuO8. The fourth-order valence-electron chi connectivity index (χ4n) is 0.755. The standard InChI is InChI=1S/C8H6O4.2C2H4O2.Cu/c9-7(10)5-1-2-6(4-3-5)8(11)12;2*1-2(3)4;/h1-4H,(H,9,10)(H,11,12);2*1H3,(H,3,4);/q;;;+2/p-2. The molecule has 2 N–H and O–H groups in total. The van der Waals surface area contributed by atoms with Gasteiger partial charge in [0, 0.05) is 11.9 Å². The Kier molecular flexibility index (Phi) is 14.3. The molecule has 0 spiro atoms. The Morgan fingerprint density at radius 3 is 1.00 bits per heavy atom. The quantitative estimate of drug-likeness (QED) is 0.618. The van der Waals surface area contributed by atoms with E-state index in [1.165, 1.54) is 24.3 Å². The second-order valence-corrected chi connectivity index (χ2v) is 3.17. The number of carboxylic acids is 4. The van der Waals surface area contributed by atoms with Gasteiger partial charge in [-0.2, -0.15) is 0 Å². The van der Waals surface area contributed by atoms with E-state index in [4.69, 9.17) is 30.0 Å². The molecule has 1 radical (unpaired) electrons. The first-order valence-corrected chi connectivity index (χ1v) is 4.99. The molecule has 0 aliphatic heterocycles. The van der Waals surface area contributed by atoms with Gasteiger partial charge >= 0.3 is 29.0 Å². The molecule has 0 aliphatic carbocycles. The Labute approximate surface area is 130 Å². The van der Waals surface area contributed by atoms with E-state index < -0.39 is 23.9 Å². The molecule has 1 aromatic rings. The number of aromatic carboxylic acids is 2. The first-order chi connectivity index (χ1) is 9.07. The van der Waals surface area contributed by atoms with Gasteiger partial charge in [0.25, 0.3) is 0 Å². The van der Waals surface area contributed by atoms with E-state index in [0.29, 0.717) is 0 Å². The fraction of sp³-hybridized carbons (Fsp3) is 0.167. The smallest absolute Gasteiger partial charge is 0.550 e. The summed E-state index contributed by atoms with van der Waals surface area (Å²) >= 11 is 0. The monoisotopic (exact) mass is 347 g/mol. The summed E-state index contributed by atoms with van der Waals surface area (Å²) in [5.74, 6) is -4.29. The van der Waals surface area contributed by atoms with Gasteiger partial charge in [-0.25, -0.2) is 9.59 Å². The van der Waals surface area contributed by atoms with Crippen molar-refractivity contribution in [3.63, 3.8) is 0 Å². The molecule has 0 saturated carbocycles. The second kappa shape index (κ2) is 12.6. The summed E-state index contributed by atoms with van der Waals surface area (Å²) in [7, 11) is 0. The average Bonchev–Trinajstić information content (AvgIpc) is 2.27. The molecule has 0 fully saturated rings. The summed E-state index contributed by atoms with van der Waals surface area (Å²) in [6.07, 6.45) is 0. The van der Waals surface area contributed by atoms with Crippen molar-refractivity contribution < 1.29 is 56.7 Å². The van der Waals surface area contributed by atoms with Crippen molar-refractivity contribution in [1.29, 1.82) is 0 Å². The Hall–Kier alpha value is -2.38. The van der Waals surface area contributed by atoms with Crippen molar-refractivity contribution in [2.75, 3.05) is 0 Å². The number of hydrogen-bond donors (Lipinski definition) is 2. The van der Waals surface area contributed by atoms with E-state index in [2.05, 4.69) is 0 Å². The van der Waals surface area contributed by atoms with Gasteiger partial charge < -0.3 is 30.0 Å². The summed E-state index contributed by atoms with van der Waals surface area (Å²) in [6, 6.07) is 5.02. The number of carboxylic acid groups (broad SMARTS) is 4. The van der Waals surface area contributed by atoms with Crippen LogP contribution in [0.5, 0.6) is 0 Å². The van der Waals surface area contributed by atoms with Crippen molar-refractivity contribution in [2.24, 2.45) is 0 Å². The molecular weight excluding hydrogens is 336 g/mol. The van der Waals surface area contributed by atoms with Crippen LogP contribution in [0.1, 0.15) is 34.6 Å². The van der Waals surface area contributed by atoms with Crippen molar-refractivity contribution >= 4 is 23.9 Å². The van der Waals surface area contributed by atoms with Crippen molar-refractivity contribution in [3.05, 3.63) is 35.4 Å². The molecule has 0 saturated heterocycles. The minimum atomic E-state index is -1.08. The molecule has 9 heteroatoms. The molecule has 0 heterocycles. The first kappa shape index (κ1) is 23.7. The van der Waals surface area contributed by atoms with Gasteiger partial charge in [0.05, 0.1) is 11.1 Å². The summed E-state index contributed by atoms with van der Waals surface area (Å²) in [6.45, 7) is 1.94. The van der Waals surface area contributed by atoms with Gasteiger partial charge in [-0.05, 0) is 38.1 Å². The van der Waals surface area contributed by atoms with Crippen molar-refractivity contribution in [3.8, 4) is 0 Å². The van der Waals surface area contributed by atoms with Crippen LogP contribution in [-0.2, 0) is 26.7 Å². The third kappa shape index (κ3) is 17.6. The minimum absolute atomic E-state index is 0. The van der Waals surface area contributed by atoms with Crippen LogP contribution in [0.25, 0.3) is 0 Å². The van der Waals surface area contributed by atoms with Gasteiger partial charge in [0.1, 0.15) is 0 Å². The van der Waals surface area contributed by atoms with Crippen LogP contribution >= 0.6 is 0 Å². The predicted molar refractivity (Wildman–Crippen MR) is 61.7 cm³/mol. The van der Waals surface area contributed by atoms with E-state index >= 15 is 0 Å². The van der Waals surface area contributed by atoms with Gasteiger partial charge in [-0.1, -0.05) is 0 Å². The van der Waals surface area contributed by atoms with Gasteiger partial charge in [0.2, 0.25) is 0 Å². The zero-order chi connectivity index (χ0) is 16.3. The molecule has 0 aliphatic rings. The van der Waals surface area contributed by atoms with Crippen LogP contribution in [0.15, 0.2) is 24.3 Å². The van der Waals surface area contributed by atoms with E-state index in [1.54, 1.807) is 0 Å². The molecule has 0 unspecified atom stereocenters. The van der Waals surface area contributed by atoms with Crippen molar-refractivity contribution in [2.45, 2.75) is 13.8 Å². The maximum absolute atomic E-state index is 10.3. The fourth-order valence-corrected chi connectivity index (χ4v) is 0.755. The van der Waals surface area contributed by atoms with E-state index in [-0.39, 0.29) is 28.2 Å². The van der Waals surface area contributed by atoms with Crippen LogP contribution in [0.2, 0.25) is 0 Å². The van der Waals surface area contributed by atoms with Crippen LogP contribution in [0, 0.1) is 0 Å². The van der Waals surface area contributed by atoms with Crippen molar-refractivity contribution in [1.82, 2.24) is 0 Å². The Morgan fingerprint density at radius 1 is 0.762 bits per heavy atom. The molecule has 0 amide bonds. The van der Waals surface area contributed by atoms with Gasteiger partial charge in [-0.3, -0.25) is 0 Å². The molecule has 1 aromatic carbocycles. The minimum Gasteiger partial charge on any atom is -0.550 e. The summed E-state index contributed by atoms with van der Waals surface area (Å²) in [4.78, 5) is 38.4. The van der Waals surface area contributed by atoms with Gasteiger partial charge in [0.15, 0.2) is 0 Å². The van der Waals surface area contributed by atoms with E-state index in [1.807, 2.05) is 0 Å². The molecule has 8 nitrogen and oxygen atoms in total. The largest absolute Gasteiger partial charge is 2.00 e. The molecule has 0 atom stereocenters. The molecule has 0 bridgehead atoms. The molecule has 1 rings (SSSR count). The van der Waals surface area contributed by atoms with E-state index in [0.717, 1.165) is 13.8 Å². The molecule has 0 aromatic heterocycles. The Morgan fingerprint density at radius 2 is 0.905 bits per heavy atom. The first-order valence-electron chi connectivity index (χ1n) is 4.99. The SMILES string of the molecule is CC(=O)[O-].CC(=O)[O-].O=C(O)c1ccc(C(=O)O)cc1.[Cu+2]. The number of carbonyl (C=O) groups is 4. The van der Waals surface area contributed by atoms with Crippen LogP contribution in [0.3, 0.4) is 0 Å². The maximum Gasteiger partial charge on any atom is 2.00 e. The average molecular weight is 348 g/mol. The number of carbonyl (C=O) groups excluding carboxylic acids is 2. The summed E-state index contributed by atoms with van der Waals surface area (Å²) in [5, 5.41) is 34.7. The Bertz CT molecular complexity index is 428. The molecule has 21 heavy (non-hydrogen) atoms. The second-order valence-electron chi connectivity index (χ2n) is 3.17. The third-order valence-electron chi connectivity index (χ3n) is 1.38. The number of hydrogen-bond acceptors (Lipinski definition) is 6. The normalized spacial score (nSPS) is 7.71. The zero-order valence-corrected chi connectivity index (χ0v) is 11.9. The van der Waals surface area contributed by atoms with Crippen LogP contribution in [0.4, 0.5) is 0 Å². The third-order valence-corrected chi connectivity index (χ3v) is 1.38. The van der Waals surface area contributed by atoms with Gasteiger partial charge in [-0.15, -0.1) is 0 Å². The number of rotatable bonds is 2. The summed E-state index contributed by atoms with van der Waals surface area (Å²) < 4.78 is 0. The summed E-state index contributed by atoms with van der Waals surface area (Å²) in [5.41, 5.74) is 0.167.